The van der Waals surface area contributed by atoms with Crippen LogP contribution in [-0.4, -0.2) is 48.3 Å². The smallest absolute Gasteiger partial charge is 0.266 e. The number of ether oxygens (including phenoxy) is 2. The van der Waals surface area contributed by atoms with E-state index in [4.69, 9.17) is 19.6 Å². The number of halogens is 1. The highest BCUT2D eigenvalue weighted by Gasteiger charge is 2.50. The lowest BCUT2D eigenvalue weighted by atomic mass is 9.86. The van der Waals surface area contributed by atoms with Crippen LogP contribution in [0.15, 0.2) is 58.0 Å². The van der Waals surface area contributed by atoms with E-state index in [1.807, 2.05) is 55.5 Å². The predicted octanol–water partition coefficient (Wildman–Crippen LogP) is 3.63. The molecule has 1 amide bonds. The summed E-state index contributed by atoms with van der Waals surface area (Å²) in [5.41, 5.74) is 6.49. The van der Waals surface area contributed by atoms with Gasteiger partial charge in [0.15, 0.2) is 5.54 Å². The minimum atomic E-state index is -1.13. The predicted molar refractivity (Wildman–Crippen MR) is 132 cm³/mol. The molecule has 2 aromatic rings. The van der Waals surface area contributed by atoms with Crippen molar-refractivity contribution in [3.8, 4) is 5.75 Å². The molecule has 2 aromatic carbocycles. The van der Waals surface area contributed by atoms with Crippen LogP contribution < -0.4 is 15.6 Å². The molecule has 0 fully saturated rings. The molecule has 0 radical (unpaired) electrons. The van der Waals surface area contributed by atoms with Gasteiger partial charge in [-0.2, -0.15) is 0 Å². The number of amides is 1. The Kier molecular flexibility index (Phi) is 8.88. The summed E-state index contributed by atoms with van der Waals surface area (Å²) < 4.78 is 12.7. The number of hydrogen-bond acceptors (Lipinski definition) is 6. The molecule has 1 heterocycles. The van der Waals surface area contributed by atoms with Crippen LogP contribution in [0.25, 0.3) is 0 Å². The van der Waals surface area contributed by atoms with Crippen LogP contribution in [0.3, 0.4) is 0 Å². The Balaban J connectivity index is 1.88. The zero-order valence-corrected chi connectivity index (χ0v) is 20.9. The maximum absolute atomic E-state index is 13.4. The topological polar surface area (TPSA) is 92.2 Å². The summed E-state index contributed by atoms with van der Waals surface area (Å²) in [4.78, 5) is 18.3. The third kappa shape index (κ3) is 6.34. The van der Waals surface area contributed by atoms with Crippen LogP contribution in [-0.2, 0) is 16.0 Å². The summed E-state index contributed by atoms with van der Waals surface area (Å²) in [6.07, 6.45) is 0.490. The fourth-order valence-corrected chi connectivity index (χ4v) is 3.94. The fourth-order valence-electron chi connectivity index (χ4n) is 3.52. The van der Waals surface area contributed by atoms with E-state index in [1.54, 1.807) is 0 Å². The van der Waals surface area contributed by atoms with Gasteiger partial charge in [0, 0.05) is 36.0 Å². The number of carbonyl (C=O) groups excluding carboxylic acids is 1. The Morgan fingerprint density at radius 1 is 1.24 bits per heavy atom. The normalized spacial score (nSPS) is 19.8. The van der Waals surface area contributed by atoms with Crippen molar-refractivity contribution in [1.82, 2.24) is 10.9 Å². The Labute approximate surface area is 203 Å². The summed E-state index contributed by atoms with van der Waals surface area (Å²) in [6, 6.07) is 15.2. The highest BCUT2D eigenvalue weighted by Crippen LogP contribution is 2.34. The molecule has 0 aliphatic carbocycles. The summed E-state index contributed by atoms with van der Waals surface area (Å²) in [6.45, 7) is 7.22. The molecule has 1 aliphatic heterocycles. The molecule has 7 nitrogen and oxygen atoms in total. The van der Waals surface area contributed by atoms with Crippen LogP contribution in [0.2, 0.25) is 0 Å². The third-order valence-corrected chi connectivity index (χ3v) is 6.23. The number of rotatable bonds is 11. The monoisotopic (exact) mass is 517 g/mol. The maximum Gasteiger partial charge on any atom is 0.266 e. The minimum Gasteiger partial charge on any atom is -0.494 e. The van der Waals surface area contributed by atoms with Gasteiger partial charge in [-0.05, 0) is 48.7 Å². The van der Waals surface area contributed by atoms with E-state index in [-0.39, 0.29) is 12.5 Å². The Bertz CT molecular complexity index is 964. The number of nitrogens with one attached hydrogen (secondary N) is 2. The molecule has 0 unspecified atom stereocenters. The number of nitrogens with zero attached hydrogens (tertiary/aromatic N) is 1. The first-order valence-corrected chi connectivity index (χ1v) is 12.0. The van der Waals surface area contributed by atoms with Gasteiger partial charge in [0.2, 0.25) is 5.90 Å². The van der Waals surface area contributed by atoms with Gasteiger partial charge in [-0.1, -0.05) is 48.0 Å². The van der Waals surface area contributed by atoms with Gasteiger partial charge >= 0.3 is 0 Å². The van der Waals surface area contributed by atoms with Crippen LogP contribution >= 0.6 is 15.9 Å². The summed E-state index contributed by atoms with van der Waals surface area (Å²) in [5, 5.41) is 8.90. The van der Waals surface area contributed by atoms with Crippen molar-refractivity contribution >= 4 is 27.7 Å². The van der Waals surface area contributed by atoms with Gasteiger partial charge in [0.1, 0.15) is 11.9 Å². The molecule has 1 aliphatic rings. The first-order chi connectivity index (χ1) is 15.9. The molecule has 33 heavy (non-hydrogen) atoms. The van der Waals surface area contributed by atoms with Gasteiger partial charge in [-0.25, -0.2) is 10.4 Å². The Morgan fingerprint density at radius 2 is 1.97 bits per heavy atom. The summed E-state index contributed by atoms with van der Waals surface area (Å²) in [7, 11) is 0. The third-order valence-electron chi connectivity index (χ3n) is 5.46. The van der Waals surface area contributed by atoms with Crippen molar-refractivity contribution < 1.29 is 19.4 Å². The zero-order valence-electron chi connectivity index (χ0n) is 19.3. The van der Waals surface area contributed by atoms with Crippen LogP contribution in [0.5, 0.6) is 5.75 Å². The molecule has 0 bridgehead atoms. The van der Waals surface area contributed by atoms with E-state index in [2.05, 4.69) is 40.6 Å². The van der Waals surface area contributed by atoms with Crippen molar-refractivity contribution in [3.63, 3.8) is 0 Å². The highest BCUT2D eigenvalue weighted by molar-refractivity contribution is 9.10. The van der Waals surface area contributed by atoms with E-state index in [9.17, 15) is 4.79 Å². The lowest BCUT2D eigenvalue weighted by molar-refractivity contribution is -0.129. The van der Waals surface area contributed by atoms with E-state index in [0.29, 0.717) is 43.6 Å². The average molecular weight is 518 g/mol. The number of hydrazine groups is 1. The Hall–Kier alpha value is -2.42. The fraction of sp³-hybridized carbons (Fsp3) is 0.440. The van der Waals surface area contributed by atoms with Gasteiger partial charge in [-0.3, -0.25) is 10.2 Å². The van der Waals surface area contributed by atoms with E-state index in [1.165, 1.54) is 0 Å². The number of aliphatic hydroxyl groups is 1. The van der Waals surface area contributed by atoms with Gasteiger partial charge in [0.25, 0.3) is 5.91 Å². The molecule has 2 atom stereocenters. The van der Waals surface area contributed by atoms with E-state index in [0.717, 1.165) is 15.6 Å². The molecular weight excluding hydrogens is 486 g/mol. The SMILES string of the molecule is CC(C)CNNC(=O)[C@@]1(Cc2ccccc2Br)N=C(c2ccc(OCCCO)cc2)O[C@H]1C. The first kappa shape index (κ1) is 25.2. The molecule has 3 rings (SSSR count). The largest absolute Gasteiger partial charge is 0.494 e. The molecule has 178 valence electrons. The van der Waals surface area contributed by atoms with Crippen molar-refractivity contribution in [2.24, 2.45) is 10.9 Å². The number of carbonyl (C=O) groups is 1. The van der Waals surface area contributed by atoms with Crippen LogP contribution in [0.4, 0.5) is 0 Å². The lowest BCUT2D eigenvalue weighted by Gasteiger charge is -2.28. The Morgan fingerprint density at radius 3 is 2.64 bits per heavy atom. The van der Waals surface area contributed by atoms with Crippen molar-refractivity contribution in [3.05, 3.63) is 64.1 Å². The molecular formula is C25H32BrN3O4. The molecule has 8 heteroatoms. The van der Waals surface area contributed by atoms with Crippen LogP contribution in [0.1, 0.15) is 38.3 Å². The van der Waals surface area contributed by atoms with Gasteiger partial charge in [-0.15, -0.1) is 0 Å². The van der Waals surface area contributed by atoms with Crippen molar-refractivity contribution in [1.29, 1.82) is 0 Å². The average Bonchev–Trinajstić information content (AvgIpc) is 3.13. The molecule has 0 saturated carbocycles. The highest BCUT2D eigenvalue weighted by atomic mass is 79.9. The van der Waals surface area contributed by atoms with Crippen molar-refractivity contribution in [2.45, 2.75) is 45.3 Å². The number of benzene rings is 2. The zero-order chi connectivity index (χ0) is 23.8. The molecule has 3 N–H and O–H groups in total. The minimum absolute atomic E-state index is 0.0916. The number of aliphatic imine (C=N–C) groups is 1. The second kappa shape index (κ2) is 11.6. The summed E-state index contributed by atoms with van der Waals surface area (Å²) in [5.74, 6) is 1.29. The van der Waals surface area contributed by atoms with Crippen molar-refractivity contribution in [2.75, 3.05) is 19.8 Å². The standard InChI is InChI=1S/C25H32BrN3O4/c1-17(2)16-27-29-24(31)25(15-20-7-4-5-8-22(20)26)18(3)33-23(28-25)19-9-11-21(12-10-19)32-14-6-13-30/h4-5,7-12,17-18,27,30H,6,13-16H2,1-3H3,(H,29,31)/t18-,25-/m0/s1. The second-order valence-electron chi connectivity index (χ2n) is 8.55. The number of hydrogen-bond donors (Lipinski definition) is 3. The summed E-state index contributed by atoms with van der Waals surface area (Å²) >= 11 is 3.60. The second-order valence-corrected chi connectivity index (χ2v) is 9.40. The van der Waals surface area contributed by atoms with E-state index >= 15 is 0 Å². The van der Waals surface area contributed by atoms with Gasteiger partial charge in [0.05, 0.1) is 6.61 Å². The number of aliphatic hydroxyl groups excluding tert-OH is 1. The molecule has 0 aromatic heterocycles. The molecule has 0 saturated heterocycles. The van der Waals surface area contributed by atoms with E-state index < -0.39 is 11.6 Å². The maximum atomic E-state index is 13.4. The first-order valence-electron chi connectivity index (χ1n) is 11.2. The lowest BCUT2D eigenvalue weighted by Crippen LogP contribution is -2.56. The van der Waals surface area contributed by atoms with Crippen LogP contribution in [0, 0.1) is 5.92 Å². The van der Waals surface area contributed by atoms with Gasteiger partial charge < -0.3 is 14.6 Å². The quantitative estimate of drug-likeness (QED) is 0.312. The molecule has 0 spiro atoms.